The van der Waals surface area contributed by atoms with Crippen molar-refractivity contribution in [3.05, 3.63) is 108 Å². The Morgan fingerprint density at radius 1 is 0.571 bits per heavy atom. The van der Waals surface area contributed by atoms with Gasteiger partial charge in [-0.3, -0.25) is 0 Å². The van der Waals surface area contributed by atoms with Gasteiger partial charge in [-0.15, -0.1) is 0 Å². The molecule has 1 aliphatic heterocycles. The highest BCUT2D eigenvalue weighted by Crippen LogP contribution is 2.30. The van der Waals surface area contributed by atoms with Crippen molar-refractivity contribution >= 4 is 0 Å². The Morgan fingerprint density at radius 2 is 1.06 bits per heavy atom. The molecule has 1 aliphatic rings. The first-order valence-electron chi connectivity index (χ1n) is 11.9. The van der Waals surface area contributed by atoms with E-state index in [0.29, 0.717) is 26.4 Å². The Kier molecular flexibility index (Phi) is 9.84. The first-order chi connectivity index (χ1) is 17.3. The third-order valence-electron chi connectivity index (χ3n) is 6.06. The van der Waals surface area contributed by atoms with Crippen LogP contribution < -0.4 is 0 Å². The lowest BCUT2D eigenvalue weighted by Crippen LogP contribution is -2.61. The van der Waals surface area contributed by atoms with Crippen molar-refractivity contribution in [2.75, 3.05) is 20.8 Å². The van der Waals surface area contributed by atoms with Gasteiger partial charge in [0.25, 0.3) is 0 Å². The van der Waals surface area contributed by atoms with E-state index in [1.54, 1.807) is 14.2 Å². The fourth-order valence-electron chi connectivity index (χ4n) is 4.25. The number of benzene rings is 3. The highest BCUT2D eigenvalue weighted by molar-refractivity contribution is 5.15. The smallest absolute Gasteiger partial charge is 0.186 e. The van der Waals surface area contributed by atoms with Crippen LogP contribution in [-0.2, 0) is 48.2 Å². The molecule has 0 aromatic heterocycles. The summed E-state index contributed by atoms with van der Waals surface area (Å²) in [5, 5.41) is 0. The lowest BCUT2D eigenvalue weighted by molar-refractivity contribution is -0.318. The number of hydrogen-bond donors (Lipinski definition) is 0. The minimum atomic E-state index is -0.620. The molecule has 6 nitrogen and oxygen atoms in total. The van der Waals surface area contributed by atoms with Crippen molar-refractivity contribution in [3.8, 4) is 0 Å². The van der Waals surface area contributed by atoms with Gasteiger partial charge >= 0.3 is 0 Å². The molecule has 1 saturated heterocycles. The van der Waals surface area contributed by atoms with E-state index in [1.807, 2.05) is 91.0 Å². The minimum Gasteiger partial charge on any atom is -0.376 e. The van der Waals surface area contributed by atoms with E-state index in [-0.39, 0.29) is 0 Å². The van der Waals surface area contributed by atoms with E-state index < -0.39 is 30.7 Å². The molecule has 0 saturated carbocycles. The molecule has 6 heteroatoms. The van der Waals surface area contributed by atoms with Crippen LogP contribution in [0.5, 0.6) is 0 Å². The summed E-state index contributed by atoms with van der Waals surface area (Å²) in [5.74, 6) is 0. The Labute approximate surface area is 207 Å². The van der Waals surface area contributed by atoms with E-state index in [0.717, 1.165) is 16.7 Å². The predicted molar refractivity (Wildman–Crippen MR) is 133 cm³/mol. The molecule has 4 rings (SSSR count). The van der Waals surface area contributed by atoms with Gasteiger partial charge in [0.2, 0.25) is 0 Å². The van der Waals surface area contributed by atoms with Crippen molar-refractivity contribution in [2.24, 2.45) is 0 Å². The second-order valence-electron chi connectivity index (χ2n) is 8.50. The lowest BCUT2D eigenvalue weighted by Gasteiger charge is -2.45. The second kappa shape index (κ2) is 13.5. The molecular weight excluding hydrogens is 444 g/mol. The van der Waals surface area contributed by atoms with Crippen LogP contribution in [0.25, 0.3) is 0 Å². The van der Waals surface area contributed by atoms with Crippen LogP contribution in [0.15, 0.2) is 91.0 Å². The van der Waals surface area contributed by atoms with Crippen LogP contribution in [0.2, 0.25) is 0 Å². The van der Waals surface area contributed by atoms with Crippen LogP contribution in [0.1, 0.15) is 16.7 Å². The summed E-state index contributed by atoms with van der Waals surface area (Å²) in [6.45, 7) is 1.65. The molecule has 0 N–H and O–H groups in total. The highest BCUT2D eigenvalue weighted by Gasteiger charge is 2.48. The van der Waals surface area contributed by atoms with E-state index in [9.17, 15) is 0 Å². The third-order valence-corrected chi connectivity index (χ3v) is 6.06. The molecule has 5 unspecified atom stereocenters. The molecule has 1 fully saturated rings. The molecule has 0 amide bonds. The summed E-state index contributed by atoms with van der Waals surface area (Å²) in [7, 11) is 3.28. The summed E-state index contributed by atoms with van der Waals surface area (Å²) >= 11 is 0. The normalized spacial score (nSPS) is 24.3. The SMILES string of the molecule is COC1OC(COCc2ccccc2)C(OCc2ccccc2)C(OC)C1OCc1ccccc1. The standard InChI is InChI=1S/C29H34O6/c1-30-27-26(33-19-23-14-8-4-9-15-23)25(21-32-18-22-12-6-3-7-13-22)35-29(31-2)28(27)34-20-24-16-10-5-11-17-24/h3-17,25-29H,18-21H2,1-2H3. The van der Waals surface area contributed by atoms with E-state index >= 15 is 0 Å². The summed E-state index contributed by atoms with van der Waals surface area (Å²) in [5.41, 5.74) is 3.23. The van der Waals surface area contributed by atoms with Crippen molar-refractivity contribution in [2.45, 2.75) is 50.5 Å². The molecule has 0 bridgehead atoms. The predicted octanol–water partition coefficient (Wildman–Crippen LogP) is 4.76. The van der Waals surface area contributed by atoms with Crippen molar-refractivity contribution in [1.29, 1.82) is 0 Å². The zero-order chi connectivity index (χ0) is 24.3. The monoisotopic (exact) mass is 478 g/mol. The van der Waals surface area contributed by atoms with Crippen LogP contribution in [0.3, 0.4) is 0 Å². The fraction of sp³-hybridized carbons (Fsp3) is 0.379. The van der Waals surface area contributed by atoms with Crippen molar-refractivity contribution in [3.63, 3.8) is 0 Å². The number of rotatable bonds is 12. The Hall–Kier alpha value is -2.58. The summed E-state index contributed by atoms with van der Waals surface area (Å²) in [6, 6.07) is 30.1. The Balaban J connectivity index is 1.48. The first kappa shape index (κ1) is 25.5. The molecule has 3 aromatic carbocycles. The number of hydrogen-bond acceptors (Lipinski definition) is 6. The minimum absolute atomic E-state index is 0.333. The summed E-state index contributed by atoms with van der Waals surface area (Å²) in [4.78, 5) is 0. The van der Waals surface area contributed by atoms with Gasteiger partial charge in [0.15, 0.2) is 6.29 Å². The van der Waals surface area contributed by atoms with Gasteiger partial charge in [0.1, 0.15) is 24.4 Å². The molecule has 0 radical (unpaired) electrons. The van der Waals surface area contributed by atoms with Gasteiger partial charge in [-0.05, 0) is 16.7 Å². The molecule has 0 spiro atoms. The van der Waals surface area contributed by atoms with Gasteiger partial charge in [-0.2, -0.15) is 0 Å². The third kappa shape index (κ3) is 7.21. The topological polar surface area (TPSA) is 55.4 Å². The highest BCUT2D eigenvalue weighted by atomic mass is 16.7. The maximum absolute atomic E-state index is 6.40. The van der Waals surface area contributed by atoms with Crippen LogP contribution in [0, 0.1) is 0 Å². The van der Waals surface area contributed by atoms with Gasteiger partial charge in [-0.25, -0.2) is 0 Å². The van der Waals surface area contributed by atoms with Gasteiger partial charge in [-0.1, -0.05) is 91.0 Å². The maximum Gasteiger partial charge on any atom is 0.186 e. The molecule has 186 valence electrons. The van der Waals surface area contributed by atoms with Gasteiger partial charge in [0, 0.05) is 14.2 Å². The van der Waals surface area contributed by atoms with Crippen molar-refractivity contribution < 1.29 is 28.4 Å². The lowest BCUT2D eigenvalue weighted by atomic mass is 9.98. The van der Waals surface area contributed by atoms with E-state index in [2.05, 4.69) is 0 Å². The first-order valence-corrected chi connectivity index (χ1v) is 11.9. The largest absolute Gasteiger partial charge is 0.376 e. The molecule has 0 aliphatic carbocycles. The average molecular weight is 479 g/mol. The van der Waals surface area contributed by atoms with Crippen LogP contribution >= 0.6 is 0 Å². The number of methoxy groups -OCH3 is 2. The van der Waals surface area contributed by atoms with E-state index in [4.69, 9.17) is 28.4 Å². The van der Waals surface area contributed by atoms with Crippen LogP contribution in [-0.4, -0.2) is 51.5 Å². The number of ether oxygens (including phenoxy) is 6. The van der Waals surface area contributed by atoms with Crippen LogP contribution in [0.4, 0.5) is 0 Å². The fourth-order valence-corrected chi connectivity index (χ4v) is 4.25. The van der Waals surface area contributed by atoms with Gasteiger partial charge < -0.3 is 28.4 Å². The second-order valence-corrected chi connectivity index (χ2v) is 8.50. The quantitative estimate of drug-likeness (QED) is 0.374. The zero-order valence-corrected chi connectivity index (χ0v) is 20.3. The summed E-state index contributed by atoms with van der Waals surface area (Å²) < 4.78 is 36.7. The summed E-state index contributed by atoms with van der Waals surface area (Å²) in [6.07, 6.45) is -2.31. The van der Waals surface area contributed by atoms with Crippen molar-refractivity contribution in [1.82, 2.24) is 0 Å². The molecular formula is C29H34O6. The van der Waals surface area contributed by atoms with Gasteiger partial charge in [0.05, 0.1) is 26.4 Å². The average Bonchev–Trinajstić information content (AvgIpc) is 2.92. The Morgan fingerprint density at radius 3 is 1.54 bits per heavy atom. The molecule has 1 heterocycles. The molecule has 5 atom stereocenters. The van der Waals surface area contributed by atoms with E-state index in [1.165, 1.54) is 0 Å². The molecule has 35 heavy (non-hydrogen) atoms. The zero-order valence-electron chi connectivity index (χ0n) is 20.3. The Bertz CT molecular complexity index is 968. The molecule has 3 aromatic rings. The maximum atomic E-state index is 6.40.